The molecule has 0 aliphatic carbocycles. The third-order valence-corrected chi connectivity index (χ3v) is 4.06. The molecule has 0 fully saturated rings. The highest BCUT2D eigenvalue weighted by Crippen LogP contribution is 2.24. The summed E-state index contributed by atoms with van der Waals surface area (Å²) >= 11 is 17.7. The van der Waals surface area contributed by atoms with Crippen molar-refractivity contribution in [3.05, 3.63) is 63.1 Å². The summed E-state index contributed by atoms with van der Waals surface area (Å²) in [6.07, 6.45) is -0.613. The molecule has 0 aliphatic heterocycles. The molecular formula is C16H15Cl3O2. The topological polar surface area (TPSA) is 29.5 Å². The van der Waals surface area contributed by atoms with Crippen LogP contribution in [0, 0.1) is 0 Å². The summed E-state index contributed by atoms with van der Waals surface area (Å²) in [7, 11) is 0. The van der Waals surface area contributed by atoms with Gasteiger partial charge in [0.25, 0.3) is 0 Å². The number of aliphatic hydroxyl groups is 1. The monoisotopic (exact) mass is 344 g/mol. The first-order valence-electron chi connectivity index (χ1n) is 6.50. The van der Waals surface area contributed by atoms with E-state index in [1.165, 1.54) is 0 Å². The van der Waals surface area contributed by atoms with Crippen molar-refractivity contribution < 1.29 is 9.84 Å². The van der Waals surface area contributed by atoms with Gasteiger partial charge in [-0.25, -0.2) is 0 Å². The van der Waals surface area contributed by atoms with Crippen molar-refractivity contribution in [3.8, 4) is 5.75 Å². The zero-order chi connectivity index (χ0) is 15.4. The van der Waals surface area contributed by atoms with E-state index in [9.17, 15) is 5.11 Å². The molecule has 2 aromatic carbocycles. The first kappa shape index (κ1) is 16.4. The molecule has 0 heterocycles. The molecular weight excluding hydrogens is 331 g/mol. The van der Waals surface area contributed by atoms with Crippen LogP contribution in [-0.2, 0) is 6.42 Å². The molecule has 0 aliphatic rings. The molecule has 2 unspecified atom stereocenters. The maximum atomic E-state index is 10.2. The molecule has 2 aromatic rings. The molecule has 2 nitrogen and oxygen atoms in total. The summed E-state index contributed by atoms with van der Waals surface area (Å²) in [6, 6.07) is 12.4. The number of ether oxygens (including phenoxy) is 1. The molecule has 0 amide bonds. The molecule has 0 aromatic heterocycles. The van der Waals surface area contributed by atoms with Gasteiger partial charge in [-0.15, -0.1) is 0 Å². The van der Waals surface area contributed by atoms with Gasteiger partial charge in [0.05, 0.1) is 16.1 Å². The summed E-state index contributed by atoms with van der Waals surface area (Å²) in [5, 5.41) is 11.8. The summed E-state index contributed by atoms with van der Waals surface area (Å²) in [5.41, 5.74) is 0.901. The van der Waals surface area contributed by atoms with E-state index < -0.39 is 6.10 Å². The lowest BCUT2D eigenvalue weighted by molar-refractivity contribution is 0.0479. The Morgan fingerprint density at radius 1 is 1.05 bits per heavy atom. The van der Waals surface area contributed by atoms with E-state index in [1.54, 1.807) is 36.4 Å². The van der Waals surface area contributed by atoms with Crippen LogP contribution in [-0.4, -0.2) is 17.3 Å². The van der Waals surface area contributed by atoms with Gasteiger partial charge in [-0.3, -0.25) is 0 Å². The van der Waals surface area contributed by atoms with E-state index in [1.807, 2.05) is 13.0 Å². The highest BCUT2D eigenvalue weighted by atomic mass is 35.5. The second-order valence-electron chi connectivity index (χ2n) is 4.80. The third-order valence-electron chi connectivity index (χ3n) is 3.09. The fourth-order valence-electron chi connectivity index (χ4n) is 1.91. The van der Waals surface area contributed by atoms with Crippen LogP contribution in [0.15, 0.2) is 42.5 Å². The Morgan fingerprint density at radius 2 is 1.81 bits per heavy atom. The highest BCUT2D eigenvalue weighted by Gasteiger charge is 2.17. The number of hydrogen-bond acceptors (Lipinski definition) is 2. The summed E-state index contributed by atoms with van der Waals surface area (Å²) < 4.78 is 5.69. The Labute approximate surface area is 139 Å². The Kier molecular flexibility index (Phi) is 5.77. The molecule has 2 rings (SSSR count). The van der Waals surface area contributed by atoms with Gasteiger partial charge in [0.15, 0.2) is 0 Å². The fraction of sp³-hybridized carbons (Fsp3) is 0.250. The number of rotatable bonds is 5. The van der Waals surface area contributed by atoms with E-state index in [2.05, 4.69) is 0 Å². The molecule has 0 spiro atoms. The minimum absolute atomic E-state index is 0.377. The highest BCUT2D eigenvalue weighted by molar-refractivity contribution is 6.42. The largest absolute Gasteiger partial charge is 0.488 e. The van der Waals surface area contributed by atoms with Gasteiger partial charge < -0.3 is 9.84 Å². The summed E-state index contributed by atoms with van der Waals surface area (Å²) in [6.45, 7) is 1.81. The Bertz CT molecular complexity index is 616. The second kappa shape index (κ2) is 7.37. The molecule has 112 valence electrons. The van der Waals surface area contributed by atoms with Gasteiger partial charge in [-0.05, 0) is 42.8 Å². The molecule has 0 radical (unpaired) electrons. The van der Waals surface area contributed by atoms with Gasteiger partial charge in [0, 0.05) is 11.4 Å². The number of aliphatic hydroxyl groups excluding tert-OH is 1. The molecule has 0 bridgehead atoms. The van der Waals surface area contributed by atoms with Gasteiger partial charge in [-0.2, -0.15) is 0 Å². The van der Waals surface area contributed by atoms with E-state index in [-0.39, 0.29) is 6.10 Å². The van der Waals surface area contributed by atoms with Crippen LogP contribution >= 0.6 is 34.8 Å². The average Bonchev–Trinajstić information content (AvgIpc) is 2.43. The number of hydrogen-bond donors (Lipinski definition) is 1. The molecule has 2 atom stereocenters. The van der Waals surface area contributed by atoms with Gasteiger partial charge >= 0.3 is 0 Å². The van der Waals surface area contributed by atoms with Gasteiger partial charge in [0.1, 0.15) is 11.9 Å². The molecule has 5 heteroatoms. The van der Waals surface area contributed by atoms with Crippen molar-refractivity contribution in [1.29, 1.82) is 0 Å². The first-order valence-corrected chi connectivity index (χ1v) is 7.63. The molecule has 0 saturated heterocycles. The normalized spacial score (nSPS) is 13.8. The SMILES string of the molecule is CC(Oc1cccc(Cl)c1)C(O)Cc1ccc(Cl)c(Cl)c1. The van der Waals surface area contributed by atoms with Crippen LogP contribution in [0.5, 0.6) is 5.75 Å². The fourth-order valence-corrected chi connectivity index (χ4v) is 2.41. The summed E-state index contributed by atoms with van der Waals surface area (Å²) in [5.74, 6) is 0.628. The predicted molar refractivity (Wildman–Crippen MR) is 87.7 cm³/mol. The van der Waals surface area contributed by atoms with Crippen molar-refractivity contribution in [2.75, 3.05) is 0 Å². The van der Waals surface area contributed by atoms with Crippen molar-refractivity contribution >= 4 is 34.8 Å². The minimum atomic E-state index is -0.666. The van der Waals surface area contributed by atoms with Crippen molar-refractivity contribution in [2.24, 2.45) is 0 Å². The number of halogens is 3. The minimum Gasteiger partial charge on any atom is -0.488 e. The summed E-state index contributed by atoms with van der Waals surface area (Å²) in [4.78, 5) is 0. The van der Waals surface area contributed by atoms with E-state index in [4.69, 9.17) is 39.5 Å². The van der Waals surface area contributed by atoms with Crippen LogP contribution in [0.4, 0.5) is 0 Å². The van der Waals surface area contributed by atoms with Crippen LogP contribution in [0.3, 0.4) is 0 Å². The zero-order valence-corrected chi connectivity index (χ0v) is 13.7. The first-order chi connectivity index (χ1) is 9.95. The lowest BCUT2D eigenvalue weighted by Crippen LogP contribution is -2.30. The maximum Gasteiger partial charge on any atom is 0.122 e. The third kappa shape index (κ3) is 4.79. The molecule has 21 heavy (non-hydrogen) atoms. The van der Waals surface area contributed by atoms with Crippen molar-refractivity contribution in [3.63, 3.8) is 0 Å². The van der Waals surface area contributed by atoms with Gasteiger partial charge in [-0.1, -0.05) is 46.9 Å². The van der Waals surface area contributed by atoms with Crippen molar-refractivity contribution in [2.45, 2.75) is 25.6 Å². The standard InChI is InChI=1S/C16H15Cl3O2/c1-10(21-13-4-2-3-12(17)9-13)16(20)8-11-5-6-14(18)15(19)7-11/h2-7,9-10,16,20H,8H2,1H3. The van der Waals surface area contributed by atoms with Gasteiger partial charge in [0.2, 0.25) is 0 Å². The van der Waals surface area contributed by atoms with E-state index in [0.29, 0.717) is 27.2 Å². The number of benzene rings is 2. The van der Waals surface area contributed by atoms with Crippen molar-refractivity contribution in [1.82, 2.24) is 0 Å². The van der Waals surface area contributed by atoms with Crippen LogP contribution in [0.2, 0.25) is 15.1 Å². The van der Waals surface area contributed by atoms with Crippen LogP contribution < -0.4 is 4.74 Å². The smallest absolute Gasteiger partial charge is 0.122 e. The van der Waals surface area contributed by atoms with E-state index >= 15 is 0 Å². The Hall–Kier alpha value is -0.930. The van der Waals surface area contributed by atoms with Crippen LogP contribution in [0.25, 0.3) is 0 Å². The molecule has 1 N–H and O–H groups in total. The maximum absolute atomic E-state index is 10.2. The lowest BCUT2D eigenvalue weighted by Gasteiger charge is -2.21. The average molecular weight is 346 g/mol. The zero-order valence-electron chi connectivity index (χ0n) is 11.4. The predicted octanol–water partition coefficient (Wildman–Crippen LogP) is 5.02. The van der Waals surface area contributed by atoms with Crippen LogP contribution in [0.1, 0.15) is 12.5 Å². The second-order valence-corrected chi connectivity index (χ2v) is 6.05. The lowest BCUT2D eigenvalue weighted by atomic mass is 10.0. The quantitative estimate of drug-likeness (QED) is 0.824. The Morgan fingerprint density at radius 3 is 2.48 bits per heavy atom. The Balaban J connectivity index is 1.98. The van der Waals surface area contributed by atoms with E-state index in [0.717, 1.165) is 5.56 Å². The molecule has 0 saturated carbocycles.